The summed E-state index contributed by atoms with van der Waals surface area (Å²) in [6.45, 7) is 1.62. The lowest BCUT2D eigenvalue weighted by Gasteiger charge is -2.40. The number of piperidine rings is 1. The number of halogens is 2. The lowest BCUT2D eigenvalue weighted by Crippen LogP contribution is -2.54. The third kappa shape index (κ3) is 5.70. The number of hydrogen-bond donors (Lipinski definition) is 4. The zero-order valence-corrected chi connectivity index (χ0v) is 15.6. The van der Waals surface area contributed by atoms with E-state index in [2.05, 4.69) is 15.3 Å². The van der Waals surface area contributed by atoms with E-state index in [0.717, 1.165) is 0 Å². The molecule has 10 heteroatoms. The number of aliphatic hydroxyl groups excluding tert-OH is 1. The highest BCUT2D eigenvalue weighted by molar-refractivity contribution is 5.93. The van der Waals surface area contributed by atoms with Gasteiger partial charge in [-0.05, 0) is 25.1 Å². The van der Waals surface area contributed by atoms with Crippen molar-refractivity contribution in [1.29, 1.82) is 0 Å². The Bertz CT molecular complexity index is 724. The number of likely N-dealkylation sites (tertiary alicyclic amines) is 1. The van der Waals surface area contributed by atoms with Crippen LogP contribution in [0.1, 0.15) is 13.3 Å². The first-order valence-corrected chi connectivity index (χ1v) is 8.88. The van der Waals surface area contributed by atoms with Crippen molar-refractivity contribution in [1.82, 2.24) is 9.88 Å². The minimum atomic E-state index is -2.99. The van der Waals surface area contributed by atoms with E-state index in [4.69, 9.17) is 10.8 Å². The van der Waals surface area contributed by atoms with Gasteiger partial charge in [-0.2, -0.15) is 0 Å². The number of allylic oxidation sites excluding steroid dienone is 1. The van der Waals surface area contributed by atoms with Crippen LogP contribution in [0.25, 0.3) is 0 Å². The number of carbonyl (C=O) groups is 1. The Morgan fingerprint density at radius 1 is 1.57 bits per heavy atom. The van der Waals surface area contributed by atoms with Crippen LogP contribution < -0.4 is 11.1 Å². The van der Waals surface area contributed by atoms with Gasteiger partial charge in [0, 0.05) is 31.4 Å². The normalized spacial score (nSPS) is 21.6. The third-order valence-corrected chi connectivity index (χ3v) is 4.59. The Kier molecular flexibility index (Phi) is 7.41. The van der Waals surface area contributed by atoms with E-state index in [9.17, 15) is 18.7 Å². The zero-order chi connectivity index (χ0) is 20.7. The highest BCUT2D eigenvalue weighted by Crippen LogP contribution is 2.37. The molecular formula is C18H25F2N5O3. The first kappa shape index (κ1) is 21.7. The predicted molar refractivity (Wildman–Crippen MR) is 101 cm³/mol. The topological polar surface area (TPSA) is 124 Å². The minimum Gasteiger partial charge on any atom is -0.506 e. The Balaban J connectivity index is 2.05. The smallest absolute Gasteiger partial charge is 0.258 e. The third-order valence-electron chi connectivity index (χ3n) is 4.59. The maximum atomic E-state index is 14.4. The fraction of sp³-hybridized carbons (Fsp3) is 0.500. The summed E-state index contributed by atoms with van der Waals surface area (Å²) in [5.41, 5.74) is 5.83. The van der Waals surface area contributed by atoms with Crippen LogP contribution >= 0.6 is 0 Å². The monoisotopic (exact) mass is 397 g/mol. The van der Waals surface area contributed by atoms with Crippen molar-refractivity contribution < 1.29 is 23.8 Å². The van der Waals surface area contributed by atoms with E-state index in [0.29, 0.717) is 0 Å². The minimum absolute atomic E-state index is 0.0239. The van der Waals surface area contributed by atoms with Crippen molar-refractivity contribution in [3.05, 3.63) is 30.1 Å². The summed E-state index contributed by atoms with van der Waals surface area (Å²) >= 11 is 0. The van der Waals surface area contributed by atoms with Gasteiger partial charge in [-0.1, -0.05) is 0 Å². The summed E-state index contributed by atoms with van der Waals surface area (Å²) in [7, 11) is 0. The molecule has 1 aromatic rings. The molecule has 154 valence electrons. The second-order valence-electron chi connectivity index (χ2n) is 6.57. The van der Waals surface area contributed by atoms with Gasteiger partial charge in [0.25, 0.3) is 5.92 Å². The Morgan fingerprint density at radius 2 is 2.32 bits per heavy atom. The van der Waals surface area contributed by atoms with Gasteiger partial charge in [-0.15, -0.1) is 0 Å². The number of nitrogens with two attached hydrogens (primary N) is 1. The zero-order valence-electron chi connectivity index (χ0n) is 15.6. The van der Waals surface area contributed by atoms with Gasteiger partial charge >= 0.3 is 0 Å². The van der Waals surface area contributed by atoms with Crippen molar-refractivity contribution in [3.63, 3.8) is 0 Å². The van der Waals surface area contributed by atoms with Gasteiger partial charge in [0.05, 0.1) is 31.3 Å². The Labute approximate surface area is 161 Å². The van der Waals surface area contributed by atoms with Crippen molar-refractivity contribution in [2.24, 2.45) is 16.6 Å². The molecule has 2 atom stereocenters. The SMILES string of the molecule is C[C@@H](C(=O)Nc1ccc(O)cn1)N1CCC(F)(F)[C@H](C(N)=CC=NCCO)C1. The average Bonchev–Trinajstić information content (AvgIpc) is 2.66. The summed E-state index contributed by atoms with van der Waals surface area (Å²) in [5, 5.41) is 20.5. The standard InChI is InChI=1S/C18H25F2N5O3/c1-12(17(28)24-16-3-2-13(27)10-23-16)25-8-5-18(19,20)14(11-25)15(21)4-6-22-7-9-26/h2-4,6,10,12,14,26-27H,5,7-9,11,21H2,1H3,(H,23,24,28)/t12-,14-/m0/s1. The Morgan fingerprint density at radius 3 is 2.96 bits per heavy atom. The molecule has 5 N–H and O–H groups in total. The number of aliphatic hydroxyl groups is 1. The predicted octanol–water partition coefficient (Wildman–Crippen LogP) is 0.977. The van der Waals surface area contributed by atoms with Gasteiger partial charge in [0.1, 0.15) is 11.6 Å². The van der Waals surface area contributed by atoms with E-state index in [1.807, 2.05) is 0 Å². The van der Waals surface area contributed by atoms with Crippen LogP contribution in [0.15, 0.2) is 35.1 Å². The molecule has 1 aromatic heterocycles. The van der Waals surface area contributed by atoms with Gasteiger partial charge in [-0.25, -0.2) is 13.8 Å². The summed E-state index contributed by atoms with van der Waals surface area (Å²) in [4.78, 5) is 21.8. The maximum Gasteiger partial charge on any atom is 0.258 e. The number of carbonyl (C=O) groups excluding carboxylic acids is 1. The first-order valence-electron chi connectivity index (χ1n) is 8.88. The molecule has 2 heterocycles. The number of nitrogens with one attached hydrogen (secondary N) is 1. The molecule has 0 bridgehead atoms. The molecule has 0 spiro atoms. The number of rotatable bonds is 7. The number of amides is 1. The molecule has 8 nitrogen and oxygen atoms in total. The molecule has 2 rings (SSSR count). The van der Waals surface area contributed by atoms with Crippen molar-refractivity contribution >= 4 is 17.9 Å². The number of pyridine rings is 1. The molecule has 0 aliphatic carbocycles. The highest BCUT2D eigenvalue weighted by Gasteiger charge is 2.46. The molecule has 1 fully saturated rings. The largest absolute Gasteiger partial charge is 0.506 e. The first-order chi connectivity index (χ1) is 13.2. The average molecular weight is 397 g/mol. The molecule has 1 amide bonds. The number of alkyl halides is 2. The fourth-order valence-corrected chi connectivity index (χ4v) is 2.87. The van der Waals surface area contributed by atoms with Crippen molar-refractivity contribution in [2.45, 2.75) is 25.3 Å². The van der Waals surface area contributed by atoms with E-state index in [-0.39, 0.29) is 43.5 Å². The van der Waals surface area contributed by atoms with Crippen LogP contribution in [0, 0.1) is 5.92 Å². The molecular weight excluding hydrogens is 372 g/mol. The fourth-order valence-electron chi connectivity index (χ4n) is 2.87. The van der Waals surface area contributed by atoms with Crippen LogP contribution in [0.3, 0.4) is 0 Å². The van der Waals surface area contributed by atoms with Gasteiger partial charge in [0.15, 0.2) is 0 Å². The summed E-state index contributed by atoms with van der Waals surface area (Å²) in [6, 6.07) is 2.15. The number of nitrogens with zero attached hydrogens (tertiary/aromatic N) is 3. The lowest BCUT2D eigenvalue weighted by molar-refractivity contribution is -0.128. The molecule has 0 unspecified atom stereocenters. The van der Waals surface area contributed by atoms with E-state index < -0.39 is 30.2 Å². The van der Waals surface area contributed by atoms with Crippen molar-refractivity contribution in [3.8, 4) is 5.75 Å². The second-order valence-corrected chi connectivity index (χ2v) is 6.57. The van der Waals surface area contributed by atoms with Crippen LogP contribution in [0.2, 0.25) is 0 Å². The molecule has 0 aromatic carbocycles. The maximum absolute atomic E-state index is 14.4. The molecule has 1 saturated heterocycles. The number of anilines is 1. The van der Waals surface area contributed by atoms with Crippen molar-refractivity contribution in [2.75, 3.05) is 31.6 Å². The quantitative estimate of drug-likeness (QED) is 0.509. The highest BCUT2D eigenvalue weighted by atomic mass is 19.3. The number of hydrogen-bond acceptors (Lipinski definition) is 7. The van der Waals surface area contributed by atoms with Gasteiger partial charge in [-0.3, -0.25) is 14.7 Å². The molecule has 28 heavy (non-hydrogen) atoms. The Hall–Kier alpha value is -2.59. The van der Waals surface area contributed by atoms with E-state index in [1.165, 1.54) is 30.6 Å². The lowest BCUT2D eigenvalue weighted by atomic mass is 9.89. The molecule has 1 aliphatic rings. The number of aliphatic imine (C=N–C) groups is 1. The van der Waals surface area contributed by atoms with E-state index in [1.54, 1.807) is 11.8 Å². The van der Waals surface area contributed by atoms with Gasteiger partial charge < -0.3 is 21.3 Å². The van der Waals surface area contributed by atoms with E-state index >= 15 is 0 Å². The van der Waals surface area contributed by atoms with Crippen LogP contribution in [0.5, 0.6) is 5.75 Å². The number of aromatic hydroxyl groups is 1. The molecule has 0 saturated carbocycles. The number of aromatic nitrogens is 1. The van der Waals surface area contributed by atoms with Crippen LogP contribution in [-0.4, -0.2) is 70.4 Å². The molecule has 0 radical (unpaired) electrons. The van der Waals surface area contributed by atoms with Gasteiger partial charge in [0.2, 0.25) is 5.91 Å². The van der Waals surface area contributed by atoms with Crippen LogP contribution in [0.4, 0.5) is 14.6 Å². The summed E-state index contributed by atoms with van der Waals surface area (Å²) in [5.74, 6) is -4.40. The summed E-state index contributed by atoms with van der Waals surface area (Å²) < 4.78 is 28.7. The summed E-state index contributed by atoms with van der Waals surface area (Å²) in [6.07, 6.45) is 3.38. The van der Waals surface area contributed by atoms with Crippen LogP contribution in [-0.2, 0) is 4.79 Å². The molecule has 1 aliphatic heterocycles. The second kappa shape index (κ2) is 9.56.